The van der Waals surface area contributed by atoms with Gasteiger partial charge in [0.05, 0.1) is 6.61 Å². The highest BCUT2D eigenvalue weighted by atomic mass is 16.7. The number of benzene rings is 2. The first-order valence-corrected chi connectivity index (χ1v) is 13.7. The summed E-state index contributed by atoms with van der Waals surface area (Å²) in [6.45, 7) is 4.03. The van der Waals surface area contributed by atoms with E-state index in [4.69, 9.17) is 9.47 Å². The van der Waals surface area contributed by atoms with E-state index in [9.17, 15) is 25.2 Å². The Balaban J connectivity index is 1.34. The fraction of sp³-hybridized carbons (Fsp3) is 0.467. The van der Waals surface area contributed by atoms with Crippen LogP contribution in [0.15, 0.2) is 54.6 Å². The summed E-state index contributed by atoms with van der Waals surface area (Å²) in [7, 11) is 0. The van der Waals surface area contributed by atoms with Crippen LogP contribution in [-0.2, 0) is 28.9 Å². The molecule has 4 rings (SSSR count). The number of aliphatic hydroxyl groups excluding tert-OH is 4. The Morgan fingerprint density at radius 2 is 1.70 bits per heavy atom. The molecule has 10 nitrogen and oxygen atoms in total. The molecule has 3 aromatic rings. The van der Waals surface area contributed by atoms with Gasteiger partial charge < -0.3 is 35.2 Å². The maximum Gasteiger partial charge on any atom is 0.238 e. The smallest absolute Gasteiger partial charge is 0.238 e. The zero-order valence-electron chi connectivity index (χ0n) is 22.9. The summed E-state index contributed by atoms with van der Waals surface area (Å²) in [6.07, 6.45) is -4.42. The summed E-state index contributed by atoms with van der Waals surface area (Å²) >= 11 is 0. The van der Waals surface area contributed by atoms with Gasteiger partial charge in [-0.2, -0.15) is 0 Å². The molecule has 1 aromatic heterocycles. The predicted molar refractivity (Wildman–Crippen MR) is 148 cm³/mol. The lowest BCUT2D eigenvalue weighted by molar-refractivity contribution is -0.278. The molecule has 1 aliphatic rings. The van der Waals surface area contributed by atoms with E-state index in [1.807, 2.05) is 68.4 Å². The summed E-state index contributed by atoms with van der Waals surface area (Å²) in [6, 6.07) is 18.0. The highest BCUT2D eigenvalue weighted by Gasteiger charge is 2.45. The van der Waals surface area contributed by atoms with Gasteiger partial charge in [-0.25, -0.2) is 0 Å². The molecule has 0 bridgehead atoms. The Labute approximate surface area is 234 Å². The van der Waals surface area contributed by atoms with E-state index in [1.165, 1.54) is 0 Å². The van der Waals surface area contributed by atoms with Crippen LogP contribution in [0.4, 0.5) is 0 Å². The molecular weight excluding hydrogens is 514 g/mol. The third kappa shape index (κ3) is 7.47. The van der Waals surface area contributed by atoms with Gasteiger partial charge >= 0.3 is 0 Å². The number of nitrogens with one attached hydrogen (secondary N) is 2. The first-order valence-electron chi connectivity index (χ1n) is 13.7. The average Bonchev–Trinajstić information content (AvgIpc) is 3.35. The van der Waals surface area contributed by atoms with Crippen molar-refractivity contribution < 1.29 is 34.7 Å². The van der Waals surface area contributed by atoms with Crippen molar-refractivity contribution in [3.05, 3.63) is 82.5 Å². The fourth-order valence-electron chi connectivity index (χ4n) is 4.75. The Morgan fingerprint density at radius 3 is 2.38 bits per heavy atom. The van der Waals surface area contributed by atoms with Crippen LogP contribution in [0.25, 0.3) is 0 Å². The molecule has 1 saturated heterocycles. The number of hydrogen-bond donors (Lipinski definition) is 6. The summed E-state index contributed by atoms with van der Waals surface area (Å²) in [5.74, 6) is 0.370. The molecule has 1 fully saturated rings. The first kappa shape index (κ1) is 29.7. The van der Waals surface area contributed by atoms with Crippen LogP contribution >= 0.6 is 0 Å². The zero-order valence-corrected chi connectivity index (χ0v) is 22.9. The van der Waals surface area contributed by atoms with E-state index in [-0.39, 0.29) is 17.7 Å². The minimum atomic E-state index is -1.54. The van der Waals surface area contributed by atoms with Crippen molar-refractivity contribution in [3.63, 3.8) is 0 Å². The lowest BCUT2D eigenvalue weighted by atomic mass is 9.97. The lowest BCUT2D eigenvalue weighted by Crippen LogP contribution is -2.60. The number of aromatic amines is 1. The SMILES string of the molecule is CC(C)c1[nH]nc(O[C@@H]2O[C@H](CO)[C@@H](O)[C@H](O)[C@H]2O)c1Cc1ccc(CCCC(=O)NCc2ccccc2)cc1. The van der Waals surface area contributed by atoms with E-state index in [1.54, 1.807) is 0 Å². The van der Waals surface area contributed by atoms with Crippen molar-refractivity contribution in [3.8, 4) is 5.88 Å². The summed E-state index contributed by atoms with van der Waals surface area (Å²) in [5, 5.41) is 50.3. The summed E-state index contributed by atoms with van der Waals surface area (Å²) in [5.41, 5.74) is 4.88. The van der Waals surface area contributed by atoms with Gasteiger partial charge in [0.1, 0.15) is 24.4 Å². The van der Waals surface area contributed by atoms with Crippen molar-refractivity contribution >= 4 is 5.91 Å². The van der Waals surface area contributed by atoms with Crippen molar-refractivity contribution in [1.29, 1.82) is 0 Å². The van der Waals surface area contributed by atoms with Gasteiger partial charge in [0.15, 0.2) is 0 Å². The largest absolute Gasteiger partial charge is 0.443 e. The van der Waals surface area contributed by atoms with Gasteiger partial charge in [0, 0.05) is 30.6 Å². The normalized spacial score (nSPS) is 22.8. The van der Waals surface area contributed by atoms with Crippen molar-refractivity contribution in [2.75, 3.05) is 6.61 Å². The lowest BCUT2D eigenvalue weighted by Gasteiger charge is -2.39. The van der Waals surface area contributed by atoms with E-state index in [0.29, 0.717) is 19.4 Å². The molecule has 0 radical (unpaired) electrons. The maximum absolute atomic E-state index is 12.2. The van der Waals surface area contributed by atoms with Crippen LogP contribution in [0.5, 0.6) is 5.88 Å². The van der Waals surface area contributed by atoms with E-state index in [2.05, 4.69) is 15.5 Å². The van der Waals surface area contributed by atoms with Crippen LogP contribution in [-0.4, -0.2) is 73.8 Å². The molecule has 10 heteroatoms. The molecule has 1 amide bonds. The molecule has 0 aliphatic carbocycles. The van der Waals surface area contributed by atoms with Gasteiger partial charge in [-0.15, -0.1) is 5.10 Å². The third-order valence-electron chi connectivity index (χ3n) is 7.12. The molecule has 1 aliphatic heterocycles. The molecule has 2 heterocycles. The Bertz CT molecular complexity index is 1210. The van der Waals surface area contributed by atoms with Crippen LogP contribution < -0.4 is 10.1 Å². The van der Waals surface area contributed by atoms with Crippen molar-refractivity contribution in [2.45, 2.75) is 82.7 Å². The highest BCUT2D eigenvalue weighted by Crippen LogP contribution is 2.31. The Kier molecular flexibility index (Phi) is 10.3. The number of ether oxygens (including phenoxy) is 2. The Hall–Kier alpha value is -3.28. The zero-order chi connectivity index (χ0) is 28.6. The first-order chi connectivity index (χ1) is 19.3. The van der Waals surface area contributed by atoms with E-state index in [0.717, 1.165) is 40.8 Å². The predicted octanol–water partition coefficient (Wildman–Crippen LogP) is 1.94. The minimum Gasteiger partial charge on any atom is -0.443 e. The number of aromatic nitrogens is 2. The molecule has 0 saturated carbocycles. The molecule has 40 heavy (non-hydrogen) atoms. The van der Waals surface area contributed by atoms with Gasteiger partial charge in [-0.1, -0.05) is 68.4 Å². The summed E-state index contributed by atoms with van der Waals surface area (Å²) in [4.78, 5) is 12.2. The number of aliphatic hydroxyl groups is 4. The second-order valence-corrected chi connectivity index (χ2v) is 10.5. The number of amides is 1. The summed E-state index contributed by atoms with van der Waals surface area (Å²) < 4.78 is 11.4. The van der Waals surface area contributed by atoms with Gasteiger partial charge in [0.25, 0.3) is 0 Å². The standard InChI is InChI=1S/C30H39N3O7/c1-18(2)25-22(29(33-32-25)40-30-28(38)27(37)26(36)23(17-34)39-30)15-20-13-11-19(12-14-20)9-6-10-24(35)31-16-21-7-4-3-5-8-21/h3-5,7-8,11-14,18,23,26-28,30,34,36-38H,6,9-10,15-17H2,1-2H3,(H,31,35)(H,32,33)/t23-,26-,27+,28-,30+/m1/s1. The van der Waals surface area contributed by atoms with Gasteiger partial charge in [0.2, 0.25) is 18.1 Å². The number of rotatable bonds is 12. The van der Waals surface area contributed by atoms with Crippen LogP contribution in [0.2, 0.25) is 0 Å². The van der Waals surface area contributed by atoms with Gasteiger partial charge in [-0.05, 0) is 35.4 Å². The number of carbonyl (C=O) groups is 1. The van der Waals surface area contributed by atoms with Crippen LogP contribution in [0.3, 0.4) is 0 Å². The number of aryl methyl sites for hydroxylation is 1. The molecule has 0 spiro atoms. The van der Waals surface area contributed by atoms with Gasteiger partial charge in [-0.3, -0.25) is 9.89 Å². The van der Waals surface area contributed by atoms with Crippen LogP contribution in [0.1, 0.15) is 60.6 Å². The highest BCUT2D eigenvalue weighted by molar-refractivity contribution is 5.75. The molecular formula is C30H39N3O7. The minimum absolute atomic E-state index is 0.0357. The van der Waals surface area contributed by atoms with Crippen LogP contribution in [0, 0.1) is 0 Å². The second kappa shape index (κ2) is 13.9. The number of hydrogen-bond acceptors (Lipinski definition) is 8. The van der Waals surface area contributed by atoms with Crippen molar-refractivity contribution in [1.82, 2.24) is 15.5 Å². The number of carbonyl (C=O) groups excluding carboxylic acids is 1. The monoisotopic (exact) mass is 553 g/mol. The average molecular weight is 554 g/mol. The molecule has 2 aromatic carbocycles. The quantitative estimate of drug-likeness (QED) is 0.199. The molecule has 0 unspecified atom stereocenters. The third-order valence-corrected chi connectivity index (χ3v) is 7.12. The fourth-order valence-corrected chi connectivity index (χ4v) is 4.75. The molecule has 216 valence electrons. The number of H-pyrrole nitrogens is 1. The number of nitrogens with zero attached hydrogens (tertiary/aromatic N) is 1. The second-order valence-electron chi connectivity index (χ2n) is 10.5. The molecule has 6 N–H and O–H groups in total. The topological polar surface area (TPSA) is 157 Å². The Morgan fingerprint density at radius 1 is 1.00 bits per heavy atom. The van der Waals surface area contributed by atoms with E-state index >= 15 is 0 Å². The maximum atomic E-state index is 12.2. The molecule has 5 atom stereocenters. The van der Waals surface area contributed by atoms with E-state index < -0.39 is 37.3 Å². The van der Waals surface area contributed by atoms with Crippen molar-refractivity contribution in [2.24, 2.45) is 0 Å².